The van der Waals surface area contributed by atoms with Crippen LogP contribution in [0.5, 0.6) is 0 Å². The first-order valence-electron chi connectivity index (χ1n) is 5.70. The first-order valence-corrected chi connectivity index (χ1v) is 7.10. The summed E-state index contributed by atoms with van der Waals surface area (Å²) < 4.78 is 0. The normalized spacial score (nSPS) is 11.9. The van der Waals surface area contributed by atoms with Crippen LogP contribution < -0.4 is 5.32 Å². The minimum atomic E-state index is -1.01. The maximum atomic E-state index is 12.0. The molecule has 0 fully saturated rings. The highest BCUT2D eigenvalue weighted by molar-refractivity contribution is 7.98. The van der Waals surface area contributed by atoms with E-state index in [9.17, 15) is 9.59 Å². The zero-order valence-corrected chi connectivity index (χ0v) is 11.3. The molecule has 0 aliphatic heterocycles. The van der Waals surface area contributed by atoms with E-state index in [4.69, 9.17) is 5.11 Å². The molecule has 18 heavy (non-hydrogen) atoms. The molecule has 2 N–H and O–H groups in total. The highest BCUT2D eigenvalue weighted by Crippen LogP contribution is 2.10. The third-order valence-electron chi connectivity index (χ3n) is 2.58. The third kappa shape index (κ3) is 3.77. The summed E-state index contributed by atoms with van der Waals surface area (Å²) in [6.07, 6.45) is 2.55. The van der Waals surface area contributed by atoms with Crippen molar-refractivity contribution >= 4 is 23.6 Å². The highest BCUT2D eigenvalue weighted by Gasteiger charge is 2.20. The number of aliphatic carboxylic acids is 1. The fourth-order valence-corrected chi connectivity index (χ4v) is 2.19. The van der Waals surface area contributed by atoms with Gasteiger partial charge in [0.1, 0.15) is 6.04 Å². The van der Waals surface area contributed by atoms with Crippen molar-refractivity contribution in [2.45, 2.75) is 19.4 Å². The van der Waals surface area contributed by atoms with E-state index in [2.05, 4.69) is 5.32 Å². The molecule has 1 atom stereocenters. The van der Waals surface area contributed by atoms with Crippen molar-refractivity contribution < 1.29 is 14.7 Å². The van der Waals surface area contributed by atoms with Crippen molar-refractivity contribution in [2.75, 3.05) is 12.0 Å². The molecule has 1 amide bonds. The minimum Gasteiger partial charge on any atom is -0.480 e. The lowest BCUT2D eigenvalue weighted by atomic mass is 10.0. The van der Waals surface area contributed by atoms with Gasteiger partial charge in [-0.25, -0.2) is 4.79 Å². The van der Waals surface area contributed by atoms with Crippen molar-refractivity contribution in [3.63, 3.8) is 0 Å². The molecule has 0 radical (unpaired) electrons. The monoisotopic (exact) mass is 267 g/mol. The molecule has 4 nitrogen and oxygen atoms in total. The Kier molecular flexibility index (Phi) is 5.71. The number of hydrogen-bond acceptors (Lipinski definition) is 3. The topological polar surface area (TPSA) is 66.4 Å². The van der Waals surface area contributed by atoms with Gasteiger partial charge in [0.15, 0.2) is 0 Å². The van der Waals surface area contributed by atoms with E-state index in [1.54, 1.807) is 12.1 Å². The summed E-state index contributed by atoms with van der Waals surface area (Å²) in [7, 11) is 0. The number of carboxylic acid groups (broad SMARTS) is 1. The van der Waals surface area contributed by atoms with Crippen LogP contribution in [0.2, 0.25) is 0 Å². The lowest BCUT2D eigenvalue weighted by molar-refractivity contribution is -0.138. The maximum Gasteiger partial charge on any atom is 0.327 e. The average molecular weight is 267 g/mol. The van der Waals surface area contributed by atoms with Gasteiger partial charge in [0.05, 0.1) is 0 Å². The Labute approximate surface area is 111 Å². The molecule has 0 heterocycles. The summed E-state index contributed by atoms with van der Waals surface area (Å²) >= 11 is 1.39. The average Bonchev–Trinajstić information content (AvgIpc) is 2.37. The van der Waals surface area contributed by atoms with Crippen molar-refractivity contribution in [1.82, 2.24) is 5.32 Å². The van der Waals surface area contributed by atoms with E-state index in [1.807, 2.05) is 25.3 Å². The molecule has 0 saturated carbocycles. The van der Waals surface area contributed by atoms with Gasteiger partial charge in [0.25, 0.3) is 5.91 Å². The first-order chi connectivity index (χ1) is 8.60. The van der Waals surface area contributed by atoms with Crippen LogP contribution in [0.3, 0.4) is 0 Å². The van der Waals surface area contributed by atoms with Gasteiger partial charge in [-0.1, -0.05) is 25.1 Å². The van der Waals surface area contributed by atoms with Crippen molar-refractivity contribution in [3.8, 4) is 0 Å². The van der Waals surface area contributed by atoms with Crippen LogP contribution in [0.4, 0.5) is 0 Å². The Balaban J connectivity index is 2.83. The van der Waals surface area contributed by atoms with Gasteiger partial charge in [-0.3, -0.25) is 4.79 Å². The summed E-state index contributed by atoms with van der Waals surface area (Å²) in [5.41, 5.74) is 1.47. The van der Waals surface area contributed by atoms with E-state index in [0.29, 0.717) is 11.3 Å². The summed E-state index contributed by atoms with van der Waals surface area (Å²) in [6.45, 7) is 1.96. The fraction of sp³-hybridized carbons (Fsp3) is 0.385. The lowest BCUT2D eigenvalue weighted by Crippen LogP contribution is -2.42. The number of carbonyl (C=O) groups excluding carboxylic acids is 1. The molecule has 1 rings (SSSR count). The Bertz CT molecular complexity index is 434. The number of carbonyl (C=O) groups is 2. The van der Waals surface area contributed by atoms with Crippen molar-refractivity contribution in [2.24, 2.45) is 0 Å². The SMILES string of the molecule is CCc1ccccc1C(=O)N[C@@H](CSC)C(=O)O. The first kappa shape index (κ1) is 14.6. The van der Waals surface area contributed by atoms with E-state index in [0.717, 1.165) is 12.0 Å². The molecular formula is C13H17NO3S. The summed E-state index contributed by atoms with van der Waals surface area (Å²) in [6, 6.07) is 6.38. The molecule has 1 aromatic rings. The second-order valence-corrected chi connectivity index (χ2v) is 4.74. The zero-order chi connectivity index (χ0) is 13.5. The fourth-order valence-electron chi connectivity index (χ4n) is 1.63. The number of rotatable bonds is 6. The molecule has 0 aliphatic carbocycles. The second kappa shape index (κ2) is 7.06. The van der Waals surface area contributed by atoms with Gasteiger partial charge >= 0.3 is 5.97 Å². The Hall–Kier alpha value is -1.49. The summed E-state index contributed by atoms with van der Waals surface area (Å²) in [4.78, 5) is 23.0. The Morgan fingerprint density at radius 2 is 2.06 bits per heavy atom. The summed E-state index contributed by atoms with van der Waals surface area (Å²) in [5.74, 6) is -0.976. The van der Waals surface area contributed by atoms with Gasteiger partial charge < -0.3 is 10.4 Å². The molecule has 0 aromatic heterocycles. The Morgan fingerprint density at radius 1 is 1.39 bits per heavy atom. The number of carboxylic acids is 1. The predicted octanol–water partition coefficient (Wildman–Crippen LogP) is 1.80. The van der Waals surface area contributed by atoms with Crippen LogP contribution in [0.25, 0.3) is 0 Å². The van der Waals surface area contributed by atoms with Crippen LogP contribution in [0, 0.1) is 0 Å². The largest absolute Gasteiger partial charge is 0.480 e. The second-order valence-electron chi connectivity index (χ2n) is 3.83. The molecule has 5 heteroatoms. The smallest absolute Gasteiger partial charge is 0.327 e. The minimum absolute atomic E-state index is 0.325. The molecule has 0 aliphatic rings. The number of benzene rings is 1. The van der Waals surface area contributed by atoms with E-state index >= 15 is 0 Å². The molecule has 0 unspecified atom stereocenters. The van der Waals surface area contributed by atoms with Gasteiger partial charge in [-0.2, -0.15) is 11.8 Å². The van der Waals surface area contributed by atoms with Crippen molar-refractivity contribution in [3.05, 3.63) is 35.4 Å². The molecule has 0 spiro atoms. The third-order valence-corrected chi connectivity index (χ3v) is 3.25. The molecular weight excluding hydrogens is 250 g/mol. The number of aryl methyl sites for hydroxylation is 1. The van der Waals surface area contributed by atoms with Gasteiger partial charge in [-0.05, 0) is 24.3 Å². The van der Waals surface area contributed by atoms with E-state index < -0.39 is 12.0 Å². The lowest BCUT2D eigenvalue weighted by Gasteiger charge is -2.14. The van der Waals surface area contributed by atoms with Crippen molar-refractivity contribution in [1.29, 1.82) is 0 Å². The number of thioether (sulfide) groups is 1. The molecule has 1 aromatic carbocycles. The number of amides is 1. The number of hydrogen-bond donors (Lipinski definition) is 2. The standard InChI is InChI=1S/C13H17NO3S/c1-3-9-6-4-5-7-10(9)12(15)14-11(8-18-2)13(16)17/h4-7,11H,3,8H2,1-2H3,(H,14,15)(H,16,17)/t11-/m0/s1. The summed E-state index contributed by atoms with van der Waals surface area (Å²) in [5, 5.41) is 11.5. The molecule has 0 bridgehead atoms. The van der Waals surface area contributed by atoms with Crippen LogP contribution in [0.15, 0.2) is 24.3 Å². The quantitative estimate of drug-likeness (QED) is 0.824. The highest BCUT2D eigenvalue weighted by atomic mass is 32.2. The van der Waals surface area contributed by atoms with E-state index in [1.165, 1.54) is 11.8 Å². The molecule has 0 saturated heterocycles. The van der Waals surface area contributed by atoms with Crippen LogP contribution >= 0.6 is 11.8 Å². The predicted molar refractivity (Wildman–Crippen MR) is 73.1 cm³/mol. The van der Waals surface area contributed by atoms with Gasteiger partial charge in [0, 0.05) is 11.3 Å². The number of nitrogens with one attached hydrogen (secondary N) is 1. The van der Waals surface area contributed by atoms with Crippen LogP contribution in [-0.4, -0.2) is 35.0 Å². The van der Waals surface area contributed by atoms with Crippen LogP contribution in [-0.2, 0) is 11.2 Å². The van der Waals surface area contributed by atoms with Gasteiger partial charge in [-0.15, -0.1) is 0 Å². The van der Waals surface area contributed by atoms with Gasteiger partial charge in [0.2, 0.25) is 0 Å². The molecule has 98 valence electrons. The van der Waals surface area contributed by atoms with Crippen LogP contribution in [0.1, 0.15) is 22.8 Å². The maximum absolute atomic E-state index is 12.0. The van der Waals surface area contributed by atoms with E-state index in [-0.39, 0.29) is 5.91 Å². The zero-order valence-electron chi connectivity index (χ0n) is 10.5. The Morgan fingerprint density at radius 3 is 2.61 bits per heavy atom.